The number of nitrogens with zero attached hydrogens (tertiary/aromatic N) is 1. The highest BCUT2D eigenvalue weighted by molar-refractivity contribution is 5.80. The Morgan fingerprint density at radius 3 is 2.67 bits per heavy atom. The van der Waals surface area contributed by atoms with E-state index in [4.69, 9.17) is 0 Å². The highest BCUT2D eigenvalue weighted by Gasteiger charge is 2.40. The molecule has 1 aliphatic heterocycles. The summed E-state index contributed by atoms with van der Waals surface area (Å²) >= 11 is 0. The summed E-state index contributed by atoms with van der Waals surface area (Å²) in [6.07, 6.45) is 5.95. The van der Waals surface area contributed by atoms with Crippen LogP contribution in [0.4, 0.5) is 0 Å². The molecule has 3 fully saturated rings. The van der Waals surface area contributed by atoms with Crippen molar-refractivity contribution in [2.75, 3.05) is 6.54 Å². The summed E-state index contributed by atoms with van der Waals surface area (Å²) in [6.45, 7) is 3.22. The quantitative estimate of drug-likeness (QED) is 0.751. The van der Waals surface area contributed by atoms with Gasteiger partial charge in [-0.15, -0.1) is 0 Å². The number of likely N-dealkylation sites (tertiary alicyclic amines) is 1. The highest BCUT2D eigenvalue weighted by Crippen LogP contribution is 2.34. The summed E-state index contributed by atoms with van der Waals surface area (Å²) in [6, 6.07) is 1.64. The van der Waals surface area contributed by atoms with E-state index in [2.05, 4.69) is 17.1 Å². The molecule has 0 aromatic rings. The average Bonchev–Trinajstić information content (AvgIpc) is 3.07. The Hall–Kier alpha value is -0.570. The van der Waals surface area contributed by atoms with Gasteiger partial charge in [0, 0.05) is 31.1 Å². The normalized spacial score (nSPS) is 33.5. The van der Waals surface area contributed by atoms with Crippen molar-refractivity contribution < 1.29 is 4.79 Å². The highest BCUT2D eigenvalue weighted by atomic mass is 16.2. The first kappa shape index (κ1) is 9.64. The molecule has 1 heterocycles. The lowest BCUT2D eigenvalue weighted by Gasteiger charge is -2.19. The van der Waals surface area contributed by atoms with E-state index in [1.165, 1.54) is 25.7 Å². The number of rotatable bonds is 4. The van der Waals surface area contributed by atoms with Crippen LogP contribution in [0.1, 0.15) is 39.0 Å². The summed E-state index contributed by atoms with van der Waals surface area (Å²) in [7, 11) is 0. The standard InChI is InChI=1S/C12H20N2O/c1-8(9-2-3-9)13-10-6-12(15)14(7-10)11-4-5-11/h8-11,13H,2-7H2,1H3. The molecule has 3 aliphatic rings. The van der Waals surface area contributed by atoms with Crippen LogP contribution in [-0.2, 0) is 4.79 Å². The van der Waals surface area contributed by atoms with E-state index >= 15 is 0 Å². The second kappa shape index (κ2) is 3.48. The van der Waals surface area contributed by atoms with Gasteiger partial charge in [-0.2, -0.15) is 0 Å². The van der Waals surface area contributed by atoms with Crippen molar-refractivity contribution in [3.05, 3.63) is 0 Å². The molecule has 2 saturated carbocycles. The van der Waals surface area contributed by atoms with Crippen molar-refractivity contribution in [2.45, 2.75) is 57.2 Å². The molecule has 15 heavy (non-hydrogen) atoms. The fraction of sp³-hybridized carbons (Fsp3) is 0.917. The number of carbonyl (C=O) groups excluding carboxylic acids is 1. The lowest BCUT2D eigenvalue weighted by Crippen LogP contribution is -2.39. The van der Waals surface area contributed by atoms with Gasteiger partial charge in [-0.25, -0.2) is 0 Å². The number of hydrogen-bond acceptors (Lipinski definition) is 2. The van der Waals surface area contributed by atoms with Crippen LogP contribution in [0, 0.1) is 5.92 Å². The topological polar surface area (TPSA) is 32.3 Å². The minimum absolute atomic E-state index is 0.373. The predicted molar refractivity (Wildman–Crippen MR) is 58.5 cm³/mol. The Balaban J connectivity index is 1.52. The van der Waals surface area contributed by atoms with Crippen molar-refractivity contribution in [3.8, 4) is 0 Å². The van der Waals surface area contributed by atoms with E-state index in [1.807, 2.05) is 0 Å². The second-order valence-corrected chi connectivity index (χ2v) is 5.47. The first-order chi connectivity index (χ1) is 7.24. The molecule has 3 nitrogen and oxygen atoms in total. The van der Waals surface area contributed by atoms with Gasteiger partial charge in [0.2, 0.25) is 5.91 Å². The minimum atomic E-state index is 0.373. The van der Waals surface area contributed by atoms with E-state index in [1.54, 1.807) is 0 Å². The van der Waals surface area contributed by atoms with Crippen molar-refractivity contribution in [2.24, 2.45) is 5.92 Å². The van der Waals surface area contributed by atoms with Gasteiger partial charge in [-0.1, -0.05) is 0 Å². The van der Waals surface area contributed by atoms with Gasteiger partial charge in [-0.3, -0.25) is 4.79 Å². The molecule has 1 amide bonds. The van der Waals surface area contributed by atoms with Crippen molar-refractivity contribution in [1.29, 1.82) is 0 Å². The average molecular weight is 208 g/mol. The number of amides is 1. The lowest BCUT2D eigenvalue weighted by molar-refractivity contribution is -0.128. The summed E-state index contributed by atoms with van der Waals surface area (Å²) in [5.74, 6) is 1.26. The predicted octanol–water partition coefficient (Wildman–Crippen LogP) is 1.14. The number of nitrogens with one attached hydrogen (secondary N) is 1. The molecule has 1 N–H and O–H groups in total. The molecule has 2 atom stereocenters. The van der Waals surface area contributed by atoms with Gasteiger partial charge in [0.1, 0.15) is 0 Å². The maximum atomic E-state index is 11.7. The molecule has 0 aromatic carbocycles. The van der Waals surface area contributed by atoms with Gasteiger partial charge >= 0.3 is 0 Å². The van der Waals surface area contributed by atoms with Crippen LogP contribution in [0.3, 0.4) is 0 Å². The van der Waals surface area contributed by atoms with Crippen LogP contribution in [-0.4, -0.2) is 35.5 Å². The lowest BCUT2D eigenvalue weighted by atomic mass is 10.1. The smallest absolute Gasteiger partial charge is 0.224 e. The molecule has 3 heteroatoms. The number of hydrogen-bond donors (Lipinski definition) is 1. The Morgan fingerprint density at radius 1 is 1.33 bits per heavy atom. The third kappa shape index (κ3) is 2.03. The van der Waals surface area contributed by atoms with Crippen LogP contribution >= 0.6 is 0 Å². The molecule has 2 aliphatic carbocycles. The van der Waals surface area contributed by atoms with E-state index in [-0.39, 0.29) is 0 Å². The van der Waals surface area contributed by atoms with Crippen LogP contribution in [0.2, 0.25) is 0 Å². The first-order valence-electron chi connectivity index (χ1n) is 6.29. The monoisotopic (exact) mass is 208 g/mol. The van der Waals surface area contributed by atoms with Gasteiger partial charge < -0.3 is 10.2 Å². The summed E-state index contributed by atoms with van der Waals surface area (Å²) in [4.78, 5) is 13.8. The molecule has 84 valence electrons. The zero-order valence-electron chi connectivity index (χ0n) is 9.41. The maximum absolute atomic E-state index is 11.7. The van der Waals surface area contributed by atoms with Crippen molar-refractivity contribution in [1.82, 2.24) is 10.2 Å². The van der Waals surface area contributed by atoms with Crippen LogP contribution in [0.25, 0.3) is 0 Å². The molecule has 0 bridgehead atoms. The van der Waals surface area contributed by atoms with Crippen molar-refractivity contribution in [3.63, 3.8) is 0 Å². The summed E-state index contributed by atoms with van der Waals surface area (Å²) in [5.41, 5.74) is 0. The number of carbonyl (C=O) groups is 1. The fourth-order valence-corrected chi connectivity index (χ4v) is 2.69. The molecular formula is C12H20N2O. The van der Waals surface area contributed by atoms with Gasteiger partial charge in [0.15, 0.2) is 0 Å². The molecule has 0 spiro atoms. The Bertz CT molecular complexity index is 271. The third-order valence-corrected chi connectivity index (χ3v) is 3.97. The summed E-state index contributed by atoms with van der Waals surface area (Å²) in [5, 5.41) is 3.62. The first-order valence-corrected chi connectivity index (χ1v) is 6.29. The van der Waals surface area contributed by atoms with E-state index < -0.39 is 0 Å². The Kier molecular flexibility index (Phi) is 2.23. The van der Waals surface area contributed by atoms with Gasteiger partial charge in [-0.05, 0) is 38.5 Å². The Morgan fingerprint density at radius 2 is 2.07 bits per heavy atom. The van der Waals surface area contributed by atoms with Crippen molar-refractivity contribution >= 4 is 5.91 Å². The van der Waals surface area contributed by atoms with E-state index in [9.17, 15) is 4.79 Å². The molecule has 3 rings (SSSR count). The molecule has 0 radical (unpaired) electrons. The minimum Gasteiger partial charge on any atom is -0.338 e. The second-order valence-electron chi connectivity index (χ2n) is 5.47. The molecule has 2 unspecified atom stereocenters. The zero-order chi connectivity index (χ0) is 10.4. The molecule has 1 saturated heterocycles. The Labute approximate surface area is 91.2 Å². The summed E-state index contributed by atoms with van der Waals surface area (Å²) < 4.78 is 0. The fourth-order valence-electron chi connectivity index (χ4n) is 2.69. The largest absolute Gasteiger partial charge is 0.338 e. The van der Waals surface area contributed by atoms with Gasteiger partial charge in [0.05, 0.1) is 0 Å². The van der Waals surface area contributed by atoms with E-state index in [0.717, 1.165) is 18.9 Å². The molecule has 0 aromatic heterocycles. The van der Waals surface area contributed by atoms with Crippen LogP contribution < -0.4 is 5.32 Å². The van der Waals surface area contributed by atoms with Gasteiger partial charge in [0.25, 0.3) is 0 Å². The molecular weight excluding hydrogens is 188 g/mol. The SMILES string of the molecule is CC(NC1CC(=O)N(C2CC2)C1)C1CC1. The zero-order valence-corrected chi connectivity index (χ0v) is 9.41. The van der Waals surface area contributed by atoms with Crippen LogP contribution in [0.5, 0.6) is 0 Å². The maximum Gasteiger partial charge on any atom is 0.224 e. The van der Waals surface area contributed by atoms with Crippen LogP contribution in [0.15, 0.2) is 0 Å². The van der Waals surface area contributed by atoms with E-state index in [0.29, 0.717) is 24.0 Å². The third-order valence-electron chi connectivity index (χ3n) is 3.97.